The third-order valence-electron chi connectivity index (χ3n) is 5.40. The molecule has 0 aliphatic carbocycles. The van der Waals surface area contributed by atoms with Crippen LogP contribution in [0.25, 0.3) is 10.2 Å². The first-order chi connectivity index (χ1) is 14.7. The number of carbonyl (C=O) groups excluding carboxylic acids is 1. The van der Waals surface area contributed by atoms with Gasteiger partial charge in [-0.15, -0.1) is 11.3 Å². The van der Waals surface area contributed by atoms with Crippen LogP contribution in [0.3, 0.4) is 0 Å². The van der Waals surface area contributed by atoms with Crippen molar-refractivity contribution in [2.75, 3.05) is 26.5 Å². The zero-order valence-electron chi connectivity index (χ0n) is 17.3. The fourth-order valence-electron chi connectivity index (χ4n) is 3.93. The minimum Gasteiger partial charge on any atom is -0.497 e. The van der Waals surface area contributed by atoms with Crippen molar-refractivity contribution in [3.63, 3.8) is 0 Å². The quantitative estimate of drug-likeness (QED) is 0.338. The van der Waals surface area contributed by atoms with Gasteiger partial charge < -0.3 is 14.4 Å². The number of carbonyl (C=O) groups is 1. The van der Waals surface area contributed by atoms with Gasteiger partial charge in [0.25, 0.3) is 0 Å². The standard InChI is InChI=1S/C23H26N2O3S2/c1-27-16-11-12-20(28-2)17(15-16)19-8-5-13-25(19)22(26)10-6-14-29-23-24-18-7-3-4-9-21(18)30-23/h3-4,7,9,11-12,15,19H,5-6,8,10,13-14H2,1-2H3. The fraction of sp³-hybridized carbons (Fsp3) is 0.391. The molecule has 1 unspecified atom stereocenters. The Morgan fingerprint density at radius 3 is 2.90 bits per heavy atom. The lowest BCUT2D eigenvalue weighted by atomic mass is 10.0. The Labute approximate surface area is 185 Å². The second-order valence-electron chi connectivity index (χ2n) is 7.25. The lowest BCUT2D eigenvalue weighted by Crippen LogP contribution is -2.30. The molecule has 0 spiro atoms. The number of hydrogen-bond donors (Lipinski definition) is 0. The molecule has 158 valence electrons. The Kier molecular flexibility index (Phi) is 6.79. The molecule has 1 aliphatic rings. The largest absolute Gasteiger partial charge is 0.497 e. The highest BCUT2D eigenvalue weighted by Gasteiger charge is 2.31. The van der Waals surface area contributed by atoms with Crippen molar-refractivity contribution in [2.24, 2.45) is 0 Å². The molecule has 0 bridgehead atoms. The first kappa shape index (κ1) is 21.0. The van der Waals surface area contributed by atoms with Crippen LogP contribution in [-0.4, -0.2) is 42.3 Å². The van der Waals surface area contributed by atoms with E-state index in [0.29, 0.717) is 6.42 Å². The van der Waals surface area contributed by atoms with Gasteiger partial charge in [-0.3, -0.25) is 4.79 Å². The number of methoxy groups -OCH3 is 2. The molecule has 1 aliphatic heterocycles. The molecule has 2 heterocycles. The van der Waals surface area contributed by atoms with Gasteiger partial charge in [-0.1, -0.05) is 23.9 Å². The lowest BCUT2D eigenvalue weighted by Gasteiger charge is -2.26. The van der Waals surface area contributed by atoms with Crippen molar-refractivity contribution in [3.05, 3.63) is 48.0 Å². The van der Waals surface area contributed by atoms with E-state index in [1.807, 2.05) is 41.3 Å². The van der Waals surface area contributed by atoms with Crippen LogP contribution in [0.4, 0.5) is 0 Å². The molecule has 1 atom stereocenters. The van der Waals surface area contributed by atoms with Gasteiger partial charge in [0.1, 0.15) is 11.5 Å². The van der Waals surface area contributed by atoms with E-state index in [1.165, 1.54) is 4.70 Å². The van der Waals surface area contributed by atoms with Crippen molar-refractivity contribution in [1.29, 1.82) is 0 Å². The molecule has 5 nitrogen and oxygen atoms in total. The highest BCUT2D eigenvalue weighted by atomic mass is 32.2. The predicted molar refractivity (Wildman–Crippen MR) is 123 cm³/mol. The Morgan fingerprint density at radius 2 is 2.10 bits per heavy atom. The highest BCUT2D eigenvalue weighted by Crippen LogP contribution is 2.39. The second kappa shape index (κ2) is 9.71. The number of amides is 1. The summed E-state index contributed by atoms with van der Waals surface area (Å²) in [6.45, 7) is 0.800. The van der Waals surface area contributed by atoms with Crippen molar-refractivity contribution >= 4 is 39.2 Å². The number of rotatable bonds is 8. The molecule has 2 aromatic carbocycles. The number of fused-ring (bicyclic) bond motifs is 1. The summed E-state index contributed by atoms with van der Waals surface area (Å²) >= 11 is 3.46. The van der Waals surface area contributed by atoms with Crippen LogP contribution < -0.4 is 9.47 Å². The number of hydrogen-bond acceptors (Lipinski definition) is 6. The van der Waals surface area contributed by atoms with Gasteiger partial charge in [-0.2, -0.15) is 0 Å². The topological polar surface area (TPSA) is 51.7 Å². The van der Waals surface area contributed by atoms with E-state index < -0.39 is 0 Å². The molecule has 30 heavy (non-hydrogen) atoms. The van der Waals surface area contributed by atoms with Gasteiger partial charge in [0.05, 0.1) is 30.5 Å². The molecular weight excluding hydrogens is 416 g/mol. The minimum absolute atomic E-state index is 0.0551. The maximum Gasteiger partial charge on any atom is 0.223 e. The molecule has 0 N–H and O–H groups in total. The number of thioether (sulfide) groups is 1. The number of benzene rings is 2. The Balaban J connectivity index is 1.34. The van der Waals surface area contributed by atoms with Crippen LogP contribution in [0.5, 0.6) is 11.5 Å². The van der Waals surface area contributed by atoms with Crippen molar-refractivity contribution < 1.29 is 14.3 Å². The van der Waals surface area contributed by atoms with E-state index in [0.717, 1.165) is 58.5 Å². The molecular formula is C23H26N2O3S2. The molecule has 1 saturated heterocycles. The van der Waals surface area contributed by atoms with Crippen molar-refractivity contribution in [2.45, 2.75) is 36.1 Å². The Hall–Kier alpha value is -2.25. The maximum absolute atomic E-state index is 13.0. The summed E-state index contributed by atoms with van der Waals surface area (Å²) in [6, 6.07) is 14.1. The van der Waals surface area contributed by atoms with Gasteiger partial charge in [0, 0.05) is 24.3 Å². The summed E-state index contributed by atoms with van der Waals surface area (Å²) < 4.78 is 13.2. The highest BCUT2D eigenvalue weighted by molar-refractivity contribution is 8.01. The molecule has 0 saturated carbocycles. The summed E-state index contributed by atoms with van der Waals surface area (Å²) in [4.78, 5) is 19.6. The molecule has 0 radical (unpaired) electrons. The number of likely N-dealkylation sites (tertiary alicyclic amines) is 1. The van der Waals surface area contributed by atoms with E-state index in [2.05, 4.69) is 11.1 Å². The first-order valence-corrected chi connectivity index (χ1v) is 12.0. The maximum atomic E-state index is 13.0. The van der Waals surface area contributed by atoms with E-state index in [9.17, 15) is 4.79 Å². The molecule has 4 rings (SSSR count). The van der Waals surface area contributed by atoms with Crippen LogP contribution in [-0.2, 0) is 4.79 Å². The van der Waals surface area contributed by atoms with Gasteiger partial charge in [0.2, 0.25) is 5.91 Å². The smallest absolute Gasteiger partial charge is 0.223 e. The van der Waals surface area contributed by atoms with E-state index in [-0.39, 0.29) is 11.9 Å². The average Bonchev–Trinajstić information content (AvgIpc) is 3.43. The summed E-state index contributed by atoms with van der Waals surface area (Å²) in [5.41, 5.74) is 2.08. The zero-order valence-corrected chi connectivity index (χ0v) is 18.9. The van der Waals surface area contributed by atoms with Crippen LogP contribution in [0.1, 0.15) is 37.3 Å². The number of thiazole rings is 1. The Bertz CT molecular complexity index is 988. The van der Waals surface area contributed by atoms with E-state index in [4.69, 9.17) is 9.47 Å². The Morgan fingerprint density at radius 1 is 1.23 bits per heavy atom. The number of ether oxygens (including phenoxy) is 2. The first-order valence-electron chi connectivity index (χ1n) is 10.2. The van der Waals surface area contributed by atoms with Crippen LogP contribution >= 0.6 is 23.1 Å². The normalized spacial score (nSPS) is 16.2. The van der Waals surface area contributed by atoms with Gasteiger partial charge >= 0.3 is 0 Å². The predicted octanol–water partition coefficient (Wildman–Crippen LogP) is 5.55. The fourth-order valence-corrected chi connectivity index (χ4v) is 6.01. The second-order valence-corrected chi connectivity index (χ2v) is 9.63. The minimum atomic E-state index is 0.0551. The summed E-state index contributed by atoms with van der Waals surface area (Å²) in [5.74, 6) is 2.71. The summed E-state index contributed by atoms with van der Waals surface area (Å²) in [5, 5.41) is 0. The van der Waals surface area contributed by atoms with Crippen molar-refractivity contribution in [3.8, 4) is 11.5 Å². The van der Waals surface area contributed by atoms with E-state index >= 15 is 0 Å². The third-order valence-corrected chi connectivity index (χ3v) is 7.67. The monoisotopic (exact) mass is 442 g/mol. The molecule has 1 aromatic heterocycles. The third kappa shape index (κ3) is 4.57. The van der Waals surface area contributed by atoms with Crippen LogP contribution in [0, 0.1) is 0 Å². The van der Waals surface area contributed by atoms with E-state index in [1.54, 1.807) is 37.3 Å². The van der Waals surface area contributed by atoms with Gasteiger partial charge in [-0.05, 0) is 49.6 Å². The zero-order chi connectivity index (χ0) is 20.9. The summed E-state index contributed by atoms with van der Waals surface area (Å²) in [7, 11) is 3.33. The van der Waals surface area contributed by atoms with Crippen LogP contribution in [0.2, 0.25) is 0 Å². The molecule has 7 heteroatoms. The number of nitrogens with zero attached hydrogens (tertiary/aromatic N) is 2. The average molecular weight is 443 g/mol. The number of aromatic nitrogens is 1. The van der Waals surface area contributed by atoms with Gasteiger partial charge in [0.15, 0.2) is 4.34 Å². The van der Waals surface area contributed by atoms with Crippen LogP contribution in [0.15, 0.2) is 46.8 Å². The molecule has 3 aromatic rings. The summed E-state index contributed by atoms with van der Waals surface area (Å²) in [6.07, 6.45) is 3.37. The SMILES string of the molecule is COc1ccc(OC)c(C2CCCN2C(=O)CCCSc2nc3ccccc3s2)c1. The number of para-hydroxylation sites is 1. The molecule has 1 amide bonds. The van der Waals surface area contributed by atoms with Gasteiger partial charge in [-0.25, -0.2) is 4.98 Å². The lowest BCUT2D eigenvalue weighted by molar-refractivity contribution is -0.132. The van der Waals surface area contributed by atoms with Crippen molar-refractivity contribution in [1.82, 2.24) is 9.88 Å². The molecule has 1 fully saturated rings.